The van der Waals surface area contributed by atoms with Gasteiger partial charge in [-0.1, -0.05) is 0 Å². The smallest absolute Gasteiger partial charge is 0.332 e. The molecule has 1 aliphatic heterocycles. The summed E-state index contributed by atoms with van der Waals surface area (Å²) in [6.07, 6.45) is 1.73. The summed E-state index contributed by atoms with van der Waals surface area (Å²) < 4.78 is 11.9. The number of nitrogens with one attached hydrogen (secondary N) is 1. The minimum atomic E-state index is -0.530. The lowest BCUT2D eigenvalue weighted by atomic mass is 9.92. The van der Waals surface area contributed by atoms with Gasteiger partial charge in [-0.15, -0.1) is 0 Å². The quantitative estimate of drug-likeness (QED) is 0.848. The zero-order valence-electron chi connectivity index (χ0n) is 11.9. The van der Waals surface area contributed by atoms with E-state index in [1.807, 2.05) is 32.9 Å². The highest BCUT2D eigenvalue weighted by molar-refractivity contribution is 9.10. The van der Waals surface area contributed by atoms with Crippen molar-refractivity contribution in [2.75, 3.05) is 19.7 Å². The van der Waals surface area contributed by atoms with E-state index in [0.717, 1.165) is 10.2 Å². The van der Waals surface area contributed by atoms with Gasteiger partial charge in [0.1, 0.15) is 17.8 Å². The molecule has 6 heteroatoms. The van der Waals surface area contributed by atoms with Gasteiger partial charge in [-0.05, 0) is 48.8 Å². The Hall–Kier alpha value is -0.980. The standard InChI is InChI=1S/C14H19BrN2O3/c1-13(2,3)20-12(18)7-19-14(8-16-9-14)11-5-4-10(15)6-17-11/h4-6,16H,7-9H2,1-3H3. The van der Waals surface area contributed by atoms with Gasteiger partial charge in [0.2, 0.25) is 0 Å². The number of ether oxygens (including phenoxy) is 2. The fourth-order valence-electron chi connectivity index (χ4n) is 1.92. The van der Waals surface area contributed by atoms with Gasteiger partial charge in [0.15, 0.2) is 0 Å². The number of halogens is 1. The van der Waals surface area contributed by atoms with Gasteiger partial charge in [0.05, 0.1) is 5.69 Å². The van der Waals surface area contributed by atoms with Gasteiger partial charge < -0.3 is 14.8 Å². The Bertz CT molecular complexity index is 478. The molecule has 110 valence electrons. The fraction of sp³-hybridized carbons (Fsp3) is 0.571. The molecule has 1 N–H and O–H groups in total. The van der Waals surface area contributed by atoms with Crippen LogP contribution in [0.3, 0.4) is 0 Å². The number of carbonyl (C=O) groups excluding carboxylic acids is 1. The van der Waals surface area contributed by atoms with Crippen molar-refractivity contribution in [3.8, 4) is 0 Å². The topological polar surface area (TPSA) is 60.5 Å². The lowest BCUT2D eigenvalue weighted by Gasteiger charge is -2.41. The Balaban J connectivity index is 1.98. The van der Waals surface area contributed by atoms with E-state index in [1.54, 1.807) is 6.20 Å². The van der Waals surface area contributed by atoms with E-state index in [-0.39, 0.29) is 12.6 Å². The lowest BCUT2D eigenvalue weighted by molar-refractivity contribution is -0.172. The molecule has 0 saturated carbocycles. The molecular weight excluding hydrogens is 324 g/mol. The second kappa shape index (κ2) is 5.79. The molecule has 0 aromatic carbocycles. The molecule has 1 aromatic rings. The Morgan fingerprint density at radius 2 is 2.15 bits per heavy atom. The zero-order valence-corrected chi connectivity index (χ0v) is 13.5. The van der Waals surface area contributed by atoms with E-state index < -0.39 is 11.2 Å². The van der Waals surface area contributed by atoms with Crippen molar-refractivity contribution in [2.24, 2.45) is 0 Å². The van der Waals surface area contributed by atoms with Gasteiger partial charge in [-0.25, -0.2) is 4.79 Å². The SMILES string of the molecule is CC(C)(C)OC(=O)COC1(c2ccc(Br)cn2)CNC1. The second-order valence-corrected chi connectivity index (χ2v) is 6.75. The van der Waals surface area contributed by atoms with Crippen LogP contribution in [0.4, 0.5) is 0 Å². The van der Waals surface area contributed by atoms with Gasteiger partial charge in [-0.3, -0.25) is 4.98 Å². The molecular formula is C14H19BrN2O3. The summed E-state index contributed by atoms with van der Waals surface area (Å²) >= 11 is 3.35. The summed E-state index contributed by atoms with van der Waals surface area (Å²) in [4.78, 5) is 16.1. The molecule has 1 fully saturated rings. The first-order valence-electron chi connectivity index (χ1n) is 6.49. The minimum Gasteiger partial charge on any atom is -0.458 e. The van der Waals surface area contributed by atoms with Crippen LogP contribution < -0.4 is 5.32 Å². The predicted octanol–water partition coefficient (Wildman–Crippen LogP) is 2.00. The molecule has 1 saturated heterocycles. The summed E-state index contributed by atoms with van der Waals surface area (Å²) in [5, 5.41) is 3.16. The number of hydrogen-bond donors (Lipinski definition) is 1. The third-order valence-corrected chi connectivity index (χ3v) is 3.37. The van der Waals surface area contributed by atoms with Crippen LogP contribution in [0.1, 0.15) is 26.5 Å². The summed E-state index contributed by atoms with van der Waals surface area (Å²) in [6.45, 7) is 6.72. The largest absolute Gasteiger partial charge is 0.458 e. The number of aromatic nitrogens is 1. The number of nitrogens with zero attached hydrogens (tertiary/aromatic N) is 1. The summed E-state index contributed by atoms with van der Waals surface area (Å²) in [5.74, 6) is -0.360. The monoisotopic (exact) mass is 342 g/mol. The van der Waals surface area contributed by atoms with Crippen molar-refractivity contribution in [3.63, 3.8) is 0 Å². The number of carbonyl (C=O) groups is 1. The summed E-state index contributed by atoms with van der Waals surface area (Å²) in [7, 11) is 0. The maximum absolute atomic E-state index is 11.7. The molecule has 2 rings (SSSR count). The maximum atomic E-state index is 11.7. The number of hydrogen-bond acceptors (Lipinski definition) is 5. The maximum Gasteiger partial charge on any atom is 0.332 e. The molecule has 0 bridgehead atoms. The van der Waals surface area contributed by atoms with Crippen LogP contribution in [-0.2, 0) is 19.9 Å². The molecule has 0 atom stereocenters. The molecule has 0 aliphatic carbocycles. The van der Waals surface area contributed by atoms with Crippen molar-refractivity contribution in [2.45, 2.75) is 32.0 Å². The van der Waals surface area contributed by atoms with E-state index in [2.05, 4.69) is 26.2 Å². The Morgan fingerprint density at radius 3 is 2.60 bits per heavy atom. The van der Waals surface area contributed by atoms with Crippen molar-refractivity contribution < 1.29 is 14.3 Å². The average Bonchev–Trinajstić information content (AvgIpc) is 2.27. The molecule has 1 aliphatic rings. The highest BCUT2D eigenvalue weighted by Crippen LogP contribution is 2.29. The van der Waals surface area contributed by atoms with Crippen molar-refractivity contribution >= 4 is 21.9 Å². The first kappa shape index (κ1) is 15.4. The van der Waals surface area contributed by atoms with E-state index >= 15 is 0 Å². The second-order valence-electron chi connectivity index (χ2n) is 5.83. The fourth-order valence-corrected chi connectivity index (χ4v) is 2.16. The molecule has 0 amide bonds. The third kappa shape index (κ3) is 3.77. The lowest BCUT2D eigenvalue weighted by Crippen LogP contribution is -2.59. The van der Waals surface area contributed by atoms with Gasteiger partial charge in [0, 0.05) is 23.8 Å². The van der Waals surface area contributed by atoms with Gasteiger partial charge >= 0.3 is 5.97 Å². The van der Waals surface area contributed by atoms with E-state index in [9.17, 15) is 4.79 Å². The van der Waals surface area contributed by atoms with Crippen LogP contribution in [0.5, 0.6) is 0 Å². The van der Waals surface area contributed by atoms with Crippen LogP contribution in [0.15, 0.2) is 22.8 Å². The van der Waals surface area contributed by atoms with Crippen molar-refractivity contribution in [3.05, 3.63) is 28.5 Å². The Labute approximate surface area is 127 Å². The average molecular weight is 343 g/mol. The van der Waals surface area contributed by atoms with Gasteiger partial charge in [0.25, 0.3) is 0 Å². The Morgan fingerprint density at radius 1 is 1.45 bits per heavy atom. The predicted molar refractivity (Wildman–Crippen MR) is 78.3 cm³/mol. The third-order valence-electron chi connectivity index (χ3n) is 2.90. The molecule has 5 nitrogen and oxygen atoms in total. The summed E-state index contributed by atoms with van der Waals surface area (Å²) in [5.41, 5.74) is -0.207. The zero-order chi connectivity index (χ0) is 14.8. The molecule has 0 unspecified atom stereocenters. The molecule has 1 aromatic heterocycles. The molecule has 0 radical (unpaired) electrons. The summed E-state index contributed by atoms with van der Waals surface area (Å²) in [6, 6.07) is 3.82. The molecule has 0 spiro atoms. The van der Waals surface area contributed by atoms with Crippen molar-refractivity contribution in [1.29, 1.82) is 0 Å². The van der Waals surface area contributed by atoms with Crippen LogP contribution in [0, 0.1) is 0 Å². The normalized spacial score (nSPS) is 17.4. The molecule has 2 heterocycles. The van der Waals surface area contributed by atoms with E-state index in [1.165, 1.54) is 0 Å². The van der Waals surface area contributed by atoms with Crippen LogP contribution >= 0.6 is 15.9 Å². The first-order chi connectivity index (χ1) is 9.31. The van der Waals surface area contributed by atoms with E-state index in [0.29, 0.717) is 13.1 Å². The number of rotatable bonds is 4. The highest BCUT2D eigenvalue weighted by Gasteiger charge is 2.42. The van der Waals surface area contributed by atoms with Crippen LogP contribution in [-0.4, -0.2) is 36.3 Å². The Kier molecular flexibility index (Phi) is 4.46. The van der Waals surface area contributed by atoms with Crippen LogP contribution in [0.25, 0.3) is 0 Å². The van der Waals surface area contributed by atoms with Crippen molar-refractivity contribution in [1.82, 2.24) is 10.3 Å². The van der Waals surface area contributed by atoms with Crippen LogP contribution in [0.2, 0.25) is 0 Å². The van der Waals surface area contributed by atoms with E-state index in [4.69, 9.17) is 9.47 Å². The first-order valence-corrected chi connectivity index (χ1v) is 7.29. The number of pyridine rings is 1. The minimum absolute atomic E-state index is 0.0727. The highest BCUT2D eigenvalue weighted by atomic mass is 79.9. The number of esters is 1. The molecule has 20 heavy (non-hydrogen) atoms. The van der Waals surface area contributed by atoms with Gasteiger partial charge in [-0.2, -0.15) is 0 Å².